The number of rotatable bonds is 6. The Morgan fingerprint density at radius 3 is 1.57 bits per heavy atom. The van der Waals surface area contributed by atoms with Crippen LogP contribution in [0.4, 0.5) is 0 Å². The molecule has 2 aliphatic rings. The summed E-state index contributed by atoms with van der Waals surface area (Å²) in [4.78, 5) is 0. The number of halogens is 6. The molecule has 0 unspecified atom stereocenters. The van der Waals surface area contributed by atoms with E-state index in [1.54, 1.807) is 0 Å². The Labute approximate surface area is 393 Å². The monoisotopic (exact) mass is 982 g/mol. The van der Waals surface area contributed by atoms with Crippen molar-refractivity contribution in [1.29, 1.82) is 0 Å². The molecular weight excluding hydrogens is 941 g/mol. The van der Waals surface area contributed by atoms with Crippen LogP contribution in [0.1, 0.15) is 92.5 Å². The molecule has 0 N–H and O–H groups in total. The van der Waals surface area contributed by atoms with Crippen LogP contribution in [0.25, 0.3) is 33.4 Å². The normalized spacial score (nSPS) is 13.9. The fourth-order valence-corrected chi connectivity index (χ4v) is 18.0. The zero-order valence-electron chi connectivity index (χ0n) is 34.5. The van der Waals surface area contributed by atoms with Crippen LogP contribution >= 0.6 is 69.6 Å². The Balaban J connectivity index is 1.60. The summed E-state index contributed by atoms with van der Waals surface area (Å²) in [5.41, 5.74) is 16.1. The molecule has 6 aromatic rings. The number of hydrogen-bond donors (Lipinski definition) is 0. The molecule has 0 fully saturated rings. The number of hydrogen-bond acceptors (Lipinski definition) is 0. The summed E-state index contributed by atoms with van der Waals surface area (Å²) in [5, 5.41) is 0. The second-order valence-electron chi connectivity index (χ2n) is 17.9. The van der Waals surface area contributed by atoms with Crippen LogP contribution in [0.15, 0.2) is 149 Å². The van der Waals surface area contributed by atoms with Crippen LogP contribution in [0, 0.1) is 0 Å². The number of fused-ring (bicyclic) bond motifs is 3. The Kier molecular flexibility index (Phi) is 12.3. The van der Waals surface area contributed by atoms with Gasteiger partial charge in [0, 0.05) is 0 Å². The van der Waals surface area contributed by atoms with Gasteiger partial charge in [0.2, 0.25) is 0 Å². The van der Waals surface area contributed by atoms with Crippen molar-refractivity contribution in [3.05, 3.63) is 193 Å². The maximum atomic E-state index is 6.67. The number of allylic oxidation sites excluding steroid dienone is 4. The second-order valence-corrected chi connectivity index (χ2v) is 28.3. The van der Waals surface area contributed by atoms with Crippen molar-refractivity contribution < 1.29 is 21.3 Å². The minimum atomic E-state index is -3.46. The molecule has 0 radical (unpaired) electrons. The van der Waals surface area contributed by atoms with Gasteiger partial charge in [0.1, 0.15) is 0 Å². The van der Waals surface area contributed by atoms with Gasteiger partial charge in [0.15, 0.2) is 0 Å². The third-order valence-electron chi connectivity index (χ3n) is 11.6. The summed E-state index contributed by atoms with van der Waals surface area (Å²) in [5.74, 6) is 0. The zero-order chi connectivity index (χ0) is 42.8. The average molecular weight is 987 g/mol. The SMILES string of the molecule is CC(C)(C)c1cc(-c2ccccc2)cc2c1-c1cc(C(C)(C)C)c(-c3ccccc3)[c]([Zr]([C]3=CC=CC3)=[C](c3cccc(C(Cl)(Cl)Cl)c3)c3cccc(C(Cl)(Cl)Cl)c3)c1C2. The molecule has 0 amide bonds. The van der Waals surface area contributed by atoms with Gasteiger partial charge in [-0.3, -0.25) is 0 Å². The Hall–Kier alpha value is -2.71. The fourth-order valence-electron chi connectivity index (χ4n) is 8.88. The first-order chi connectivity index (χ1) is 28.3. The van der Waals surface area contributed by atoms with Gasteiger partial charge < -0.3 is 0 Å². The first-order valence-corrected chi connectivity index (χ1v) is 26.2. The molecule has 0 aromatic heterocycles. The number of alkyl halides is 6. The van der Waals surface area contributed by atoms with Crippen LogP contribution in [-0.4, -0.2) is 3.21 Å². The van der Waals surface area contributed by atoms with E-state index in [4.69, 9.17) is 69.6 Å². The molecule has 7 heteroatoms. The molecule has 6 aromatic carbocycles. The van der Waals surface area contributed by atoms with E-state index in [0.29, 0.717) is 11.1 Å². The third kappa shape index (κ3) is 8.77. The Bertz CT molecular complexity index is 2660. The maximum absolute atomic E-state index is 6.67. The van der Waals surface area contributed by atoms with Gasteiger partial charge in [0.05, 0.1) is 0 Å². The van der Waals surface area contributed by atoms with Gasteiger partial charge in [0.25, 0.3) is 0 Å². The third-order valence-corrected chi connectivity index (χ3v) is 20.7. The van der Waals surface area contributed by atoms with E-state index in [-0.39, 0.29) is 10.8 Å². The summed E-state index contributed by atoms with van der Waals surface area (Å²) >= 11 is 36.5. The van der Waals surface area contributed by atoms with Crippen molar-refractivity contribution in [3.63, 3.8) is 0 Å². The van der Waals surface area contributed by atoms with E-state index in [2.05, 4.69) is 163 Å². The van der Waals surface area contributed by atoms with Crippen molar-refractivity contribution in [2.24, 2.45) is 0 Å². The predicted molar refractivity (Wildman–Crippen MR) is 259 cm³/mol. The molecule has 0 atom stereocenters. The molecule has 0 heterocycles. The molecular formula is C53H46Cl6Zr. The minimum absolute atomic E-state index is 0.122. The van der Waals surface area contributed by atoms with E-state index in [0.717, 1.165) is 24.0 Å². The van der Waals surface area contributed by atoms with E-state index in [9.17, 15) is 0 Å². The summed E-state index contributed by atoms with van der Waals surface area (Å²) in [6, 6.07) is 45.4. The van der Waals surface area contributed by atoms with Crippen molar-refractivity contribution >= 4 is 76.1 Å². The standard InChI is InChI=1S/C33H33.C15H8Cl6.C5H5.Zr/c1-32(2,3)29-21-28-25(19-27(29)23-15-11-8-12-16-23)18-26-17-24(22-13-9-7-10-14-22)20-30(31(26)28)33(4,5)6;16-14(17,18)12-5-1-3-10(8-12)7-11-4-2-6-13(9-11)15(19,20)21;1-2-4-5-3-1;/h7-17,20-21H,18H2,1-6H3;1-6,8-9H;1-3H,4H2;. The summed E-state index contributed by atoms with van der Waals surface area (Å²) < 4.78 is 0.909. The van der Waals surface area contributed by atoms with E-state index >= 15 is 0 Å². The summed E-state index contributed by atoms with van der Waals surface area (Å²) in [7, 11) is 0. The molecule has 0 aliphatic heterocycles. The predicted octanol–water partition coefficient (Wildman–Crippen LogP) is 16.2. The second kappa shape index (κ2) is 16.8. The van der Waals surface area contributed by atoms with Crippen LogP contribution in [-0.2, 0) is 46.1 Å². The molecule has 0 spiro atoms. The van der Waals surface area contributed by atoms with Crippen molar-refractivity contribution in [3.8, 4) is 33.4 Å². The van der Waals surface area contributed by atoms with E-state index < -0.39 is 28.9 Å². The van der Waals surface area contributed by atoms with Gasteiger partial charge in [-0.25, -0.2) is 0 Å². The van der Waals surface area contributed by atoms with Crippen LogP contribution < -0.4 is 3.27 Å². The average Bonchev–Trinajstić information content (AvgIpc) is 3.87. The molecule has 0 saturated carbocycles. The molecule has 0 bridgehead atoms. The Morgan fingerprint density at radius 1 is 0.533 bits per heavy atom. The molecule has 60 heavy (non-hydrogen) atoms. The first kappa shape index (κ1) is 43.9. The van der Waals surface area contributed by atoms with Crippen molar-refractivity contribution in [1.82, 2.24) is 0 Å². The van der Waals surface area contributed by atoms with Crippen LogP contribution in [0.3, 0.4) is 0 Å². The van der Waals surface area contributed by atoms with Crippen LogP contribution in [0.2, 0.25) is 0 Å². The quantitative estimate of drug-likeness (QED) is 0.146. The summed E-state index contributed by atoms with van der Waals surface area (Å²) in [6.07, 6.45) is 8.55. The molecule has 304 valence electrons. The first-order valence-electron chi connectivity index (χ1n) is 20.3. The summed E-state index contributed by atoms with van der Waals surface area (Å²) in [6.45, 7) is 14.1. The molecule has 0 saturated heterocycles. The van der Waals surface area contributed by atoms with E-state index in [1.807, 2.05) is 24.3 Å². The topological polar surface area (TPSA) is 0 Å². The fraction of sp³-hybridized carbons (Fsp3) is 0.226. The number of benzene rings is 6. The van der Waals surface area contributed by atoms with Gasteiger partial charge in [-0.05, 0) is 0 Å². The molecule has 2 aliphatic carbocycles. The van der Waals surface area contributed by atoms with E-state index in [1.165, 1.54) is 65.4 Å². The van der Waals surface area contributed by atoms with Crippen molar-refractivity contribution in [2.45, 2.75) is 72.8 Å². The van der Waals surface area contributed by atoms with Gasteiger partial charge in [-0.15, -0.1) is 0 Å². The van der Waals surface area contributed by atoms with Gasteiger partial charge >= 0.3 is 397 Å². The molecule has 0 nitrogen and oxygen atoms in total. The zero-order valence-corrected chi connectivity index (χ0v) is 41.5. The Morgan fingerprint density at radius 2 is 1.07 bits per heavy atom. The van der Waals surface area contributed by atoms with Crippen molar-refractivity contribution in [2.75, 3.05) is 0 Å². The molecule has 8 rings (SSSR count). The van der Waals surface area contributed by atoms with Crippen LogP contribution in [0.5, 0.6) is 0 Å². The van der Waals surface area contributed by atoms with Gasteiger partial charge in [-0.2, -0.15) is 0 Å². The van der Waals surface area contributed by atoms with Gasteiger partial charge in [-0.1, -0.05) is 0 Å².